The van der Waals surface area contributed by atoms with Crippen LogP contribution in [0.25, 0.3) is 0 Å². The van der Waals surface area contributed by atoms with Gasteiger partial charge in [-0.2, -0.15) is 0 Å². The molecule has 0 saturated heterocycles. The second-order valence-corrected chi connectivity index (χ2v) is 5.98. The standard InChI is InChI=1S/C21H30N4O3.HI/c1-4-14-27-18-10-6-7-11-19(18)28-20-17(9-8-12-23-20)16-25-21(22-5-2)24-13-15-26-3;/h6-12H,4-5,13-16H2,1-3H3,(H2,22,24,25);1H. The Balaban J connectivity index is 0.00000420. The predicted octanol–water partition coefficient (Wildman–Crippen LogP) is 3.98. The highest BCUT2D eigenvalue weighted by Gasteiger charge is 2.10. The van der Waals surface area contributed by atoms with Crippen molar-refractivity contribution in [3.8, 4) is 17.4 Å². The summed E-state index contributed by atoms with van der Waals surface area (Å²) in [5, 5.41) is 6.44. The highest BCUT2D eigenvalue weighted by atomic mass is 127. The van der Waals surface area contributed by atoms with Crippen LogP contribution < -0.4 is 20.1 Å². The summed E-state index contributed by atoms with van der Waals surface area (Å²) in [7, 11) is 1.67. The lowest BCUT2D eigenvalue weighted by atomic mass is 10.2. The van der Waals surface area contributed by atoms with Gasteiger partial charge in [0.25, 0.3) is 0 Å². The van der Waals surface area contributed by atoms with Crippen molar-refractivity contribution in [1.29, 1.82) is 0 Å². The molecule has 0 aliphatic rings. The number of para-hydroxylation sites is 2. The van der Waals surface area contributed by atoms with Crippen molar-refractivity contribution in [1.82, 2.24) is 15.6 Å². The van der Waals surface area contributed by atoms with Crippen LogP contribution in [0.1, 0.15) is 25.8 Å². The first-order valence-electron chi connectivity index (χ1n) is 9.63. The number of benzene rings is 1. The number of hydrogen-bond donors (Lipinski definition) is 2. The van der Waals surface area contributed by atoms with E-state index < -0.39 is 0 Å². The van der Waals surface area contributed by atoms with E-state index in [0.717, 1.165) is 24.5 Å². The van der Waals surface area contributed by atoms with Crippen LogP contribution in [-0.4, -0.2) is 44.4 Å². The van der Waals surface area contributed by atoms with Crippen molar-refractivity contribution in [2.24, 2.45) is 4.99 Å². The van der Waals surface area contributed by atoms with Crippen LogP contribution in [0.3, 0.4) is 0 Å². The molecular weight excluding hydrogens is 483 g/mol. The number of nitrogens with one attached hydrogen (secondary N) is 2. The molecule has 0 bridgehead atoms. The van der Waals surface area contributed by atoms with Crippen molar-refractivity contribution >= 4 is 29.9 Å². The number of methoxy groups -OCH3 is 1. The average molecular weight is 514 g/mol. The van der Waals surface area contributed by atoms with Gasteiger partial charge in [-0.25, -0.2) is 9.98 Å². The highest BCUT2D eigenvalue weighted by molar-refractivity contribution is 14.0. The van der Waals surface area contributed by atoms with Crippen LogP contribution in [-0.2, 0) is 11.3 Å². The molecule has 8 heteroatoms. The van der Waals surface area contributed by atoms with Gasteiger partial charge in [0, 0.05) is 32.0 Å². The molecule has 1 aromatic heterocycles. The zero-order chi connectivity index (χ0) is 20.0. The quantitative estimate of drug-likeness (QED) is 0.205. The molecule has 29 heavy (non-hydrogen) atoms. The zero-order valence-corrected chi connectivity index (χ0v) is 19.6. The zero-order valence-electron chi connectivity index (χ0n) is 17.3. The number of pyridine rings is 1. The van der Waals surface area contributed by atoms with E-state index in [0.29, 0.717) is 43.7 Å². The lowest BCUT2D eigenvalue weighted by Gasteiger charge is -2.14. The topological polar surface area (TPSA) is 77.0 Å². The van der Waals surface area contributed by atoms with Gasteiger partial charge < -0.3 is 24.8 Å². The first kappa shape index (κ1) is 25.0. The van der Waals surface area contributed by atoms with E-state index in [1.54, 1.807) is 13.3 Å². The molecule has 2 rings (SSSR count). The average Bonchev–Trinajstić information content (AvgIpc) is 2.72. The Kier molecular flexibility index (Phi) is 12.8. The normalized spacial score (nSPS) is 10.8. The molecule has 0 aliphatic heterocycles. The molecule has 7 nitrogen and oxygen atoms in total. The van der Waals surface area contributed by atoms with Gasteiger partial charge in [0.1, 0.15) is 0 Å². The lowest BCUT2D eigenvalue weighted by molar-refractivity contribution is 0.203. The second kappa shape index (κ2) is 14.9. The van der Waals surface area contributed by atoms with Crippen molar-refractivity contribution in [2.45, 2.75) is 26.8 Å². The van der Waals surface area contributed by atoms with Crippen LogP contribution in [0.4, 0.5) is 0 Å². The van der Waals surface area contributed by atoms with E-state index in [1.807, 2.05) is 43.3 Å². The van der Waals surface area contributed by atoms with E-state index in [4.69, 9.17) is 14.2 Å². The predicted molar refractivity (Wildman–Crippen MR) is 127 cm³/mol. The number of ether oxygens (including phenoxy) is 3. The molecule has 0 radical (unpaired) electrons. The molecule has 0 aliphatic carbocycles. The smallest absolute Gasteiger partial charge is 0.224 e. The Labute approximate surface area is 190 Å². The summed E-state index contributed by atoms with van der Waals surface area (Å²) < 4.78 is 16.9. The molecule has 0 spiro atoms. The maximum absolute atomic E-state index is 6.06. The summed E-state index contributed by atoms with van der Waals surface area (Å²) in [5.41, 5.74) is 0.886. The Morgan fingerprint density at radius 1 is 1.03 bits per heavy atom. The Morgan fingerprint density at radius 2 is 1.83 bits per heavy atom. The Morgan fingerprint density at radius 3 is 2.55 bits per heavy atom. The third-order valence-corrected chi connectivity index (χ3v) is 3.72. The molecule has 0 unspecified atom stereocenters. The number of halogens is 1. The molecule has 0 atom stereocenters. The monoisotopic (exact) mass is 514 g/mol. The molecule has 0 saturated carbocycles. The van der Waals surface area contributed by atoms with Crippen LogP contribution in [0, 0.1) is 0 Å². The van der Waals surface area contributed by atoms with Crippen molar-refractivity contribution in [2.75, 3.05) is 33.4 Å². The van der Waals surface area contributed by atoms with E-state index in [9.17, 15) is 0 Å². The fraction of sp³-hybridized carbons (Fsp3) is 0.429. The largest absolute Gasteiger partial charge is 0.490 e. The van der Waals surface area contributed by atoms with Gasteiger partial charge in [-0.15, -0.1) is 24.0 Å². The van der Waals surface area contributed by atoms with Gasteiger partial charge in [-0.3, -0.25) is 0 Å². The Hall–Kier alpha value is -2.07. The minimum absolute atomic E-state index is 0. The fourth-order valence-corrected chi connectivity index (χ4v) is 2.38. The van der Waals surface area contributed by atoms with Gasteiger partial charge in [0.05, 0.1) is 19.8 Å². The first-order valence-corrected chi connectivity index (χ1v) is 9.63. The number of rotatable bonds is 11. The number of hydrogen-bond acceptors (Lipinski definition) is 5. The Bertz CT molecular complexity index is 743. The number of guanidine groups is 1. The van der Waals surface area contributed by atoms with E-state index >= 15 is 0 Å². The number of nitrogens with zero attached hydrogens (tertiary/aromatic N) is 2. The van der Waals surface area contributed by atoms with Gasteiger partial charge in [0.2, 0.25) is 5.88 Å². The lowest BCUT2D eigenvalue weighted by Crippen LogP contribution is -2.38. The van der Waals surface area contributed by atoms with Crippen molar-refractivity contribution in [3.05, 3.63) is 48.2 Å². The van der Waals surface area contributed by atoms with Gasteiger partial charge in [0.15, 0.2) is 17.5 Å². The number of aromatic nitrogens is 1. The maximum atomic E-state index is 6.06. The summed E-state index contributed by atoms with van der Waals surface area (Å²) in [4.78, 5) is 9.00. The third-order valence-electron chi connectivity index (χ3n) is 3.72. The molecule has 1 aromatic carbocycles. The molecule has 160 valence electrons. The fourth-order valence-electron chi connectivity index (χ4n) is 2.38. The van der Waals surface area contributed by atoms with Gasteiger partial charge in [-0.05, 0) is 31.5 Å². The SMILES string of the molecule is CCCOc1ccccc1Oc1ncccc1CN=C(NCC)NCCOC.I. The number of aliphatic imine (C=N–C) groups is 1. The van der Waals surface area contributed by atoms with E-state index in [2.05, 4.69) is 27.5 Å². The summed E-state index contributed by atoms with van der Waals surface area (Å²) >= 11 is 0. The van der Waals surface area contributed by atoms with Gasteiger partial charge in [-0.1, -0.05) is 25.1 Å². The van der Waals surface area contributed by atoms with E-state index in [-0.39, 0.29) is 24.0 Å². The highest BCUT2D eigenvalue weighted by Crippen LogP contribution is 2.32. The first-order chi connectivity index (χ1) is 13.8. The maximum Gasteiger partial charge on any atom is 0.224 e. The molecule has 1 heterocycles. The molecular formula is C21H31IN4O3. The second-order valence-electron chi connectivity index (χ2n) is 5.98. The van der Waals surface area contributed by atoms with E-state index in [1.165, 1.54) is 0 Å². The molecule has 0 amide bonds. The van der Waals surface area contributed by atoms with Crippen LogP contribution >= 0.6 is 24.0 Å². The van der Waals surface area contributed by atoms with Crippen LogP contribution in [0.2, 0.25) is 0 Å². The minimum Gasteiger partial charge on any atom is -0.490 e. The van der Waals surface area contributed by atoms with Crippen molar-refractivity contribution in [3.63, 3.8) is 0 Å². The minimum atomic E-state index is 0. The molecule has 0 fully saturated rings. The summed E-state index contributed by atoms with van der Waals surface area (Å²) in [6.45, 7) is 7.24. The third kappa shape index (κ3) is 8.86. The van der Waals surface area contributed by atoms with Crippen LogP contribution in [0.15, 0.2) is 47.6 Å². The molecule has 2 N–H and O–H groups in total. The summed E-state index contributed by atoms with van der Waals surface area (Å²) in [6, 6.07) is 11.5. The summed E-state index contributed by atoms with van der Waals surface area (Å²) in [6.07, 6.45) is 2.64. The van der Waals surface area contributed by atoms with Gasteiger partial charge >= 0.3 is 0 Å². The van der Waals surface area contributed by atoms with Crippen LogP contribution in [0.5, 0.6) is 17.4 Å². The molecule has 2 aromatic rings. The summed E-state index contributed by atoms with van der Waals surface area (Å²) in [5.74, 6) is 2.59. The van der Waals surface area contributed by atoms with Crippen molar-refractivity contribution < 1.29 is 14.2 Å².